The third-order valence-corrected chi connectivity index (χ3v) is 3.83. The molecule has 2 aromatic heterocycles. The van der Waals surface area contributed by atoms with Crippen LogP contribution in [0, 0.1) is 11.3 Å². The molecule has 0 radical (unpaired) electrons. The van der Waals surface area contributed by atoms with Crippen molar-refractivity contribution in [2.45, 2.75) is 18.9 Å². The number of benzene rings is 1. The van der Waals surface area contributed by atoms with Crippen molar-refractivity contribution in [1.29, 1.82) is 5.26 Å². The maximum atomic E-state index is 9.05. The molecule has 122 valence electrons. The molecule has 6 heteroatoms. The summed E-state index contributed by atoms with van der Waals surface area (Å²) in [6.07, 6.45) is 4.03. The molecule has 0 spiro atoms. The highest BCUT2D eigenvalue weighted by Crippen LogP contribution is 2.27. The van der Waals surface area contributed by atoms with Gasteiger partial charge in [0.25, 0.3) is 0 Å². The average molecular weight is 328 g/mol. The van der Waals surface area contributed by atoms with Gasteiger partial charge in [-0.2, -0.15) is 10.2 Å². The number of rotatable bonds is 5. The second kappa shape index (κ2) is 6.57. The molecule has 0 bridgehead atoms. The standard InChI is InChI=1S/C19H16N6/c20-12-13-4-3-5-15(10-13)22-18-11-17(16-6-1-2-9-21-16)24-19(25-18)23-14-7-8-14/h1-6,9-11,14H,7-8H2,(H2,22,23,24,25). The molecular weight excluding hydrogens is 312 g/mol. The number of anilines is 3. The van der Waals surface area contributed by atoms with E-state index in [4.69, 9.17) is 5.26 Å². The molecule has 1 aliphatic rings. The van der Waals surface area contributed by atoms with Crippen molar-refractivity contribution in [2.24, 2.45) is 0 Å². The highest BCUT2D eigenvalue weighted by molar-refractivity contribution is 5.66. The molecule has 25 heavy (non-hydrogen) atoms. The van der Waals surface area contributed by atoms with Crippen LogP contribution in [0.25, 0.3) is 11.4 Å². The first-order chi connectivity index (χ1) is 12.3. The third-order valence-electron chi connectivity index (χ3n) is 3.83. The summed E-state index contributed by atoms with van der Waals surface area (Å²) < 4.78 is 0. The van der Waals surface area contributed by atoms with E-state index in [1.54, 1.807) is 18.3 Å². The zero-order valence-corrected chi connectivity index (χ0v) is 13.5. The molecule has 0 atom stereocenters. The van der Waals surface area contributed by atoms with E-state index in [-0.39, 0.29) is 0 Å². The first kappa shape index (κ1) is 15.1. The molecule has 0 amide bonds. The zero-order valence-electron chi connectivity index (χ0n) is 13.5. The van der Waals surface area contributed by atoms with E-state index < -0.39 is 0 Å². The molecule has 0 aliphatic heterocycles. The minimum atomic E-state index is 0.453. The van der Waals surface area contributed by atoms with Gasteiger partial charge in [0, 0.05) is 24.0 Å². The Bertz CT molecular complexity index is 928. The van der Waals surface area contributed by atoms with E-state index in [1.165, 1.54) is 0 Å². The molecule has 0 unspecified atom stereocenters. The molecule has 0 saturated heterocycles. The van der Waals surface area contributed by atoms with Crippen molar-refractivity contribution >= 4 is 17.5 Å². The summed E-state index contributed by atoms with van der Waals surface area (Å²) in [5.74, 6) is 1.25. The Hall–Kier alpha value is -3.46. The van der Waals surface area contributed by atoms with E-state index in [0.29, 0.717) is 23.4 Å². The quantitative estimate of drug-likeness (QED) is 0.742. The fourth-order valence-electron chi connectivity index (χ4n) is 2.45. The van der Waals surface area contributed by atoms with Crippen LogP contribution in [0.3, 0.4) is 0 Å². The molecule has 6 nitrogen and oxygen atoms in total. The normalized spacial score (nSPS) is 13.1. The monoisotopic (exact) mass is 328 g/mol. The average Bonchev–Trinajstić information content (AvgIpc) is 3.46. The van der Waals surface area contributed by atoms with Crippen LogP contribution in [0.4, 0.5) is 17.5 Å². The van der Waals surface area contributed by atoms with Gasteiger partial charge in [-0.25, -0.2) is 4.98 Å². The zero-order chi connectivity index (χ0) is 17.1. The van der Waals surface area contributed by atoms with Crippen molar-refractivity contribution in [3.8, 4) is 17.5 Å². The fourth-order valence-corrected chi connectivity index (χ4v) is 2.45. The molecule has 1 saturated carbocycles. The van der Waals surface area contributed by atoms with Crippen LogP contribution < -0.4 is 10.6 Å². The molecule has 3 aromatic rings. The summed E-state index contributed by atoms with van der Waals surface area (Å²) in [6.45, 7) is 0. The van der Waals surface area contributed by atoms with Crippen molar-refractivity contribution in [3.63, 3.8) is 0 Å². The van der Waals surface area contributed by atoms with E-state index in [1.807, 2.05) is 36.4 Å². The summed E-state index contributed by atoms with van der Waals surface area (Å²) in [5, 5.41) is 15.6. The van der Waals surface area contributed by atoms with Gasteiger partial charge >= 0.3 is 0 Å². The van der Waals surface area contributed by atoms with E-state index in [0.717, 1.165) is 29.9 Å². The third kappa shape index (κ3) is 3.72. The van der Waals surface area contributed by atoms with E-state index in [2.05, 4.69) is 31.7 Å². The van der Waals surface area contributed by atoms with Gasteiger partial charge in [-0.3, -0.25) is 4.98 Å². The number of nitriles is 1. The van der Waals surface area contributed by atoms with Crippen molar-refractivity contribution < 1.29 is 0 Å². The Kier molecular flexibility index (Phi) is 3.97. The molecule has 2 N–H and O–H groups in total. The first-order valence-electron chi connectivity index (χ1n) is 8.14. The van der Waals surface area contributed by atoms with Crippen molar-refractivity contribution in [3.05, 3.63) is 60.3 Å². The Morgan fingerprint density at radius 3 is 2.68 bits per heavy atom. The lowest BCUT2D eigenvalue weighted by molar-refractivity contribution is 1.05. The minimum absolute atomic E-state index is 0.453. The highest BCUT2D eigenvalue weighted by Gasteiger charge is 2.22. The maximum Gasteiger partial charge on any atom is 0.225 e. The van der Waals surface area contributed by atoms with Gasteiger partial charge in [0.05, 0.1) is 23.0 Å². The highest BCUT2D eigenvalue weighted by atomic mass is 15.2. The van der Waals surface area contributed by atoms with Crippen LogP contribution >= 0.6 is 0 Å². The van der Waals surface area contributed by atoms with E-state index >= 15 is 0 Å². The number of hydrogen-bond donors (Lipinski definition) is 2. The van der Waals surface area contributed by atoms with Gasteiger partial charge in [-0.1, -0.05) is 12.1 Å². The number of aromatic nitrogens is 3. The second-order valence-corrected chi connectivity index (χ2v) is 5.91. The van der Waals surface area contributed by atoms with E-state index in [9.17, 15) is 0 Å². The van der Waals surface area contributed by atoms with Crippen molar-refractivity contribution in [2.75, 3.05) is 10.6 Å². The lowest BCUT2D eigenvalue weighted by atomic mass is 10.2. The van der Waals surface area contributed by atoms with Gasteiger partial charge in [0.1, 0.15) is 5.82 Å². The van der Waals surface area contributed by atoms with Gasteiger partial charge in [-0.15, -0.1) is 0 Å². The number of nitrogens with one attached hydrogen (secondary N) is 2. The Morgan fingerprint density at radius 1 is 1.00 bits per heavy atom. The Labute approximate surface area is 145 Å². The van der Waals surface area contributed by atoms with Crippen LogP contribution in [0.5, 0.6) is 0 Å². The van der Waals surface area contributed by atoms with Crippen LogP contribution in [-0.4, -0.2) is 21.0 Å². The van der Waals surface area contributed by atoms with Gasteiger partial charge in [0.2, 0.25) is 5.95 Å². The number of hydrogen-bond acceptors (Lipinski definition) is 6. The molecule has 1 aliphatic carbocycles. The summed E-state index contributed by atoms with van der Waals surface area (Å²) in [6, 6.07) is 17.5. The number of nitrogens with zero attached hydrogens (tertiary/aromatic N) is 4. The Morgan fingerprint density at radius 2 is 1.92 bits per heavy atom. The summed E-state index contributed by atoms with van der Waals surface area (Å²) in [5.41, 5.74) is 2.94. The summed E-state index contributed by atoms with van der Waals surface area (Å²) >= 11 is 0. The maximum absolute atomic E-state index is 9.05. The topological polar surface area (TPSA) is 86.5 Å². The lowest BCUT2D eigenvalue weighted by Gasteiger charge is -2.11. The van der Waals surface area contributed by atoms with Crippen LogP contribution in [0.1, 0.15) is 18.4 Å². The Balaban J connectivity index is 1.69. The van der Waals surface area contributed by atoms with Gasteiger partial charge in [0.15, 0.2) is 0 Å². The van der Waals surface area contributed by atoms with Crippen molar-refractivity contribution in [1.82, 2.24) is 15.0 Å². The summed E-state index contributed by atoms with van der Waals surface area (Å²) in [4.78, 5) is 13.5. The molecule has 1 fully saturated rings. The minimum Gasteiger partial charge on any atom is -0.351 e. The second-order valence-electron chi connectivity index (χ2n) is 5.91. The smallest absolute Gasteiger partial charge is 0.225 e. The van der Waals surface area contributed by atoms with Gasteiger partial charge in [-0.05, 0) is 43.2 Å². The predicted octanol–water partition coefficient (Wildman–Crippen LogP) is 3.73. The molecule has 2 heterocycles. The predicted molar refractivity (Wildman–Crippen MR) is 96.3 cm³/mol. The fraction of sp³-hybridized carbons (Fsp3) is 0.158. The van der Waals surface area contributed by atoms with Crippen LogP contribution in [0.2, 0.25) is 0 Å². The summed E-state index contributed by atoms with van der Waals surface area (Å²) in [7, 11) is 0. The van der Waals surface area contributed by atoms with Crippen LogP contribution in [-0.2, 0) is 0 Å². The first-order valence-corrected chi connectivity index (χ1v) is 8.14. The largest absolute Gasteiger partial charge is 0.351 e. The molecule has 1 aromatic carbocycles. The van der Waals surface area contributed by atoms with Gasteiger partial charge < -0.3 is 10.6 Å². The molecule has 4 rings (SSSR count). The lowest BCUT2D eigenvalue weighted by Crippen LogP contribution is -2.08. The number of pyridine rings is 1. The van der Waals surface area contributed by atoms with Crippen LogP contribution in [0.15, 0.2) is 54.7 Å². The SMILES string of the molecule is N#Cc1cccc(Nc2cc(-c3ccccn3)nc(NC3CC3)n2)c1. The molecular formula is C19H16N6.